The van der Waals surface area contributed by atoms with Crippen molar-refractivity contribution in [3.8, 4) is 11.5 Å². The van der Waals surface area contributed by atoms with Gasteiger partial charge in [0.25, 0.3) is 0 Å². The summed E-state index contributed by atoms with van der Waals surface area (Å²) in [6.07, 6.45) is 1.46. The Bertz CT molecular complexity index is 1080. The molecule has 0 bridgehead atoms. The molecule has 0 radical (unpaired) electrons. The molecular weight excluding hydrogens is 497 g/mol. The summed E-state index contributed by atoms with van der Waals surface area (Å²) in [6.45, 7) is 15.5. The molecule has 36 heavy (non-hydrogen) atoms. The molecule has 198 valence electrons. The average Bonchev–Trinajstić information content (AvgIpc) is 2.66. The van der Waals surface area contributed by atoms with Crippen LogP contribution in [0.4, 0.5) is 0 Å². The Morgan fingerprint density at radius 3 is 1.19 bits per heavy atom. The van der Waals surface area contributed by atoms with Crippen LogP contribution in [-0.2, 0) is 39.2 Å². The first kappa shape index (κ1) is 33.0. The Hall–Kier alpha value is -1.06. The third-order valence-corrected chi connectivity index (χ3v) is 6.53. The van der Waals surface area contributed by atoms with Gasteiger partial charge in [-0.1, -0.05) is 79.7 Å². The molecule has 0 atom stereocenters. The molecule has 0 aliphatic carbocycles. The summed E-state index contributed by atoms with van der Waals surface area (Å²) in [4.78, 5) is 38.7. The van der Waals surface area contributed by atoms with Gasteiger partial charge in [-0.25, -0.2) is 9.13 Å². The van der Waals surface area contributed by atoms with Gasteiger partial charge in [0.15, 0.2) is 0 Å². The van der Waals surface area contributed by atoms with Gasteiger partial charge in [0, 0.05) is 17.5 Å². The van der Waals surface area contributed by atoms with Gasteiger partial charge >= 0.3 is 34.5 Å². The molecule has 11 heteroatoms. The second-order valence-electron chi connectivity index (χ2n) is 10.8. The maximum absolute atomic E-state index is 11.9. The van der Waals surface area contributed by atoms with Crippen molar-refractivity contribution >= 4 is 34.5 Å². The van der Waals surface area contributed by atoms with Gasteiger partial charge < -0.3 is 9.05 Å². The van der Waals surface area contributed by atoms with Gasteiger partial charge in [-0.15, -0.1) is 0 Å². The molecule has 4 N–H and O–H groups in total. The van der Waals surface area contributed by atoms with Crippen LogP contribution in [0, 0.1) is 0 Å². The van der Waals surface area contributed by atoms with Crippen molar-refractivity contribution < 1.29 is 37.8 Å². The van der Waals surface area contributed by atoms with Crippen molar-refractivity contribution in [2.24, 2.45) is 0 Å². The van der Waals surface area contributed by atoms with Crippen molar-refractivity contribution in [3.05, 3.63) is 57.6 Å². The van der Waals surface area contributed by atoms with Crippen LogP contribution < -0.4 is 9.05 Å². The summed E-state index contributed by atoms with van der Waals surface area (Å²) >= 11 is 0. The van der Waals surface area contributed by atoms with Crippen LogP contribution in [-0.4, -0.2) is 38.4 Å². The van der Waals surface area contributed by atoms with Crippen LogP contribution >= 0.6 is 15.6 Å². The Morgan fingerprint density at radius 1 is 0.667 bits per heavy atom. The third-order valence-electron chi connectivity index (χ3n) is 5.69. The summed E-state index contributed by atoms with van der Waals surface area (Å²) in [5, 5.41) is 0. The fraction of sp³-hybridized carbons (Fsp3) is 0.520. The Morgan fingerprint density at radius 2 is 0.972 bits per heavy atom. The Kier molecular flexibility index (Phi) is 10.8. The molecule has 0 aliphatic heterocycles. The zero-order chi connectivity index (χ0) is 27.0. The van der Waals surface area contributed by atoms with E-state index in [-0.39, 0.29) is 36.8 Å². The normalized spacial score (nSPS) is 12.8. The topological polar surface area (TPSA) is 134 Å². The number of benzene rings is 2. The molecule has 0 unspecified atom stereocenters. The van der Waals surface area contributed by atoms with Crippen molar-refractivity contribution in [2.75, 3.05) is 0 Å². The van der Waals surface area contributed by atoms with Crippen LogP contribution in [0.15, 0.2) is 24.3 Å². The van der Waals surface area contributed by atoms with Crippen molar-refractivity contribution in [2.45, 2.75) is 85.5 Å². The fourth-order valence-electron chi connectivity index (χ4n) is 3.95. The predicted molar refractivity (Wildman–Crippen MR) is 144 cm³/mol. The zero-order valence-corrected chi connectivity index (χ0v) is 23.5. The summed E-state index contributed by atoms with van der Waals surface area (Å²) in [6, 6.07) is 7.39. The second kappa shape index (κ2) is 11.8. The standard InChI is InChI=1S/C25H38O8P2.Li.H/c1-9-16-11-18(22(32-34(26,27)28)20(13-16)24(3,4)5)15-19-12-17(10-2)14-21(25(6,7)8)23(19)33-35(29,30)31;;/h11-14H,9-10,15H2,1-8H3,(H2,26,27,28)(H2,29,30,31);;. The minimum atomic E-state index is -4.89. The summed E-state index contributed by atoms with van der Waals surface area (Å²) in [5.74, 6) is 0.147. The van der Waals surface area contributed by atoms with E-state index in [2.05, 4.69) is 0 Å². The predicted octanol–water partition coefficient (Wildman–Crippen LogP) is 5.29. The average molecular weight is 536 g/mol. The molecule has 0 amide bonds. The molecule has 0 aliphatic rings. The third kappa shape index (κ3) is 9.05. The van der Waals surface area contributed by atoms with Gasteiger partial charge in [0.05, 0.1) is 0 Å². The Labute approximate surface area is 226 Å². The first-order valence-electron chi connectivity index (χ1n) is 11.6. The number of hydrogen-bond acceptors (Lipinski definition) is 4. The molecule has 0 spiro atoms. The van der Waals surface area contributed by atoms with E-state index in [4.69, 9.17) is 9.05 Å². The molecule has 0 saturated heterocycles. The summed E-state index contributed by atoms with van der Waals surface area (Å²) in [7, 11) is -9.78. The maximum atomic E-state index is 11.9. The monoisotopic (exact) mass is 536 g/mol. The van der Waals surface area contributed by atoms with Gasteiger partial charge in [0.1, 0.15) is 11.5 Å². The van der Waals surface area contributed by atoms with Crippen LogP contribution in [0.2, 0.25) is 0 Å². The van der Waals surface area contributed by atoms with E-state index in [0.717, 1.165) is 11.1 Å². The number of phosphoric ester groups is 2. The van der Waals surface area contributed by atoms with Crippen LogP contribution in [0.1, 0.15) is 88.8 Å². The van der Waals surface area contributed by atoms with E-state index >= 15 is 0 Å². The molecule has 8 nitrogen and oxygen atoms in total. The molecule has 0 saturated carbocycles. The van der Waals surface area contributed by atoms with E-state index in [1.807, 2.05) is 79.7 Å². The molecule has 2 aromatic rings. The zero-order valence-electron chi connectivity index (χ0n) is 21.7. The number of aryl methyl sites for hydroxylation is 2. The van der Waals surface area contributed by atoms with Crippen LogP contribution in [0.5, 0.6) is 11.5 Å². The van der Waals surface area contributed by atoms with Gasteiger partial charge in [0.2, 0.25) is 0 Å². The fourth-order valence-corrected chi connectivity index (χ4v) is 4.86. The van der Waals surface area contributed by atoms with E-state index in [1.54, 1.807) is 0 Å². The summed E-state index contributed by atoms with van der Waals surface area (Å²) in [5.41, 5.74) is 3.19. The van der Waals surface area contributed by atoms with E-state index in [0.29, 0.717) is 35.1 Å². The Balaban J connectivity index is 0.00000648. The molecule has 2 rings (SSSR count). The number of phosphoric acid groups is 2. The first-order valence-corrected chi connectivity index (χ1v) is 14.6. The molecule has 0 heterocycles. The summed E-state index contributed by atoms with van der Waals surface area (Å²) < 4.78 is 34.3. The molecule has 0 aromatic heterocycles. The van der Waals surface area contributed by atoms with Crippen molar-refractivity contribution in [1.82, 2.24) is 0 Å². The quantitative estimate of drug-likeness (QED) is 0.264. The molecule has 2 aromatic carbocycles. The van der Waals surface area contributed by atoms with Gasteiger partial charge in [-0.05, 0) is 45.9 Å². The molecule has 0 fully saturated rings. The van der Waals surface area contributed by atoms with Crippen LogP contribution in [0.25, 0.3) is 0 Å². The van der Waals surface area contributed by atoms with E-state index in [1.165, 1.54) is 0 Å². The van der Waals surface area contributed by atoms with Crippen molar-refractivity contribution in [3.63, 3.8) is 0 Å². The molecular formula is C25H39LiO8P2. The van der Waals surface area contributed by atoms with Gasteiger partial charge in [-0.3, -0.25) is 19.6 Å². The SMILES string of the molecule is CCc1cc(Cc2cc(CC)cc(C(C)(C)C)c2OP(=O)(O)O)c(OP(=O)(O)O)c(C(C)(C)C)c1.[LiH]. The minimum absolute atomic E-state index is 0. The van der Waals surface area contributed by atoms with E-state index in [9.17, 15) is 28.7 Å². The van der Waals surface area contributed by atoms with Gasteiger partial charge in [-0.2, -0.15) is 0 Å². The van der Waals surface area contributed by atoms with Crippen LogP contribution in [0.3, 0.4) is 0 Å². The number of hydrogen-bond donors (Lipinski definition) is 4. The second-order valence-corrected chi connectivity index (χ2v) is 13.1. The number of rotatable bonds is 8. The van der Waals surface area contributed by atoms with E-state index < -0.39 is 26.5 Å². The van der Waals surface area contributed by atoms with Crippen molar-refractivity contribution in [1.29, 1.82) is 0 Å². The first-order chi connectivity index (χ1) is 15.7.